The Morgan fingerprint density at radius 2 is 2.08 bits per heavy atom. The normalized spacial score (nSPS) is 18.2. The number of fused-ring (bicyclic) bond motifs is 1. The van der Waals surface area contributed by atoms with E-state index in [0.29, 0.717) is 25.6 Å². The van der Waals surface area contributed by atoms with Crippen molar-refractivity contribution in [2.24, 2.45) is 0 Å². The summed E-state index contributed by atoms with van der Waals surface area (Å²) in [6.07, 6.45) is 7.64. The Balaban J connectivity index is 1.67. The molecule has 25 heavy (non-hydrogen) atoms. The average Bonchev–Trinajstić information content (AvgIpc) is 3.06. The molecule has 1 atom stereocenters. The second-order valence-corrected chi connectivity index (χ2v) is 6.44. The smallest absolute Gasteiger partial charge is 0.237 e. The van der Waals surface area contributed by atoms with E-state index in [1.807, 2.05) is 24.4 Å². The fraction of sp³-hybridized carbons (Fsp3) is 0.421. The summed E-state index contributed by atoms with van der Waals surface area (Å²) in [5, 5.41) is 8.64. The zero-order valence-electron chi connectivity index (χ0n) is 14.5. The molecular weight excluding hydrogens is 314 g/mol. The van der Waals surface area contributed by atoms with Gasteiger partial charge in [-0.05, 0) is 31.5 Å². The first kappa shape index (κ1) is 17.4. The summed E-state index contributed by atoms with van der Waals surface area (Å²) >= 11 is 0. The number of carbonyl (C=O) groups excluding carboxylic acids is 1. The molecule has 0 N–H and O–H groups in total. The van der Waals surface area contributed by atoms with Gasteiger partial charge in [0.25, 0.3) is 0 Å². The maximum atomic E-state index is 12.6. The third-order valence-electron chi connectivity index (χ3n) is 4.62. The lowest BCUT2D eigenvalue weighted by Crippen LogP contribution is -2.44. The Bertz CT molecular complexity index is 743. The van der Waals surface area contributed by atoms with Crippen LogP contribution in [0.5, 0.6) is 0 Å². The molecule has 1 fully saturated rings. The molecule has 1 saturated heterocycles. The van der Waals surface area contributed by atoms with Gasteiger partial charge in [0.15, 0.2) is 5.65 Å². The minimum absolute atomic E-state index is 0.117. The lowest BCUT2D eigenvalue weighted by atomic mass is 9.97. The van der Waals surface area contributed by atoms with Crippen molar-refractivity contribution in [2.45, 2.75) is 18.8 Å². The van der Waals surface area contributed by atoms with Gasteiger partial charge in [-0.3, -0.25) is 14.1 Å². The minimum Gasteiger partial charge on any atom is -0.334 e. The molecule has 1 amide bonds. The summed E-state index contributed by atoms with van der Waals surface area (Å²) in [5.74, 6) is 1.40. The van der Waals surface area contributed by atoms with Crippen LogP contribution in [0.4, 0.5) is 0 Å². The third kappa shape index (κ3) is 3.96. The van der Waals surface area contributed by atoms with E-state index in [9.17, 15) is 4.79 Å². The number of hydrogen-bond donors (Lipinski definition) is 0. The van der Waals surface area contributed by atoms with Crippen molar-refractivity contribution >= 4 is 11.6 Å². The molecule has 0 radical (unpaired) electrons. The number of pyridine rings is 1. The van der Waals surface area contributed by atoms with E-state index in [1.54, 1.807) is 17.1 Å². The van der Waals surface area contributed by atoms with Crippen molar-refractivity contribution in [3.05, 3.63) is 55.5 Å². The summed E-state index contributed by atoms with van der Waals surface area (Å²) in [6.45, 7) is 10.8. The van der Waals surface area contributed by atoms with E-state index in [0.717, 1.165) is 37.4 Å². The fourth-order valence-corrected chi connectivity index (χ4v) is 3.43. The van der Waals surface area contributed by atoms with Crippen LogP contribution in [0.25, 0.3) is 5.65 Å². The van der Waals surface area contributed by atoms with Crippen LogP contribution in [-0.4, -0.2) is 63.0 Å². The first-order valence-corrected chi connectivity index (χ1v) is 8.74. The van der Waals surface area contributed by atoms with Crippen LogP contribution in [0.1, 0.15) is 24.6 Å². The molecule has 1 unspecified atom stereocenters. The van der Waals surface area contributed by atoms with E-state index in [4.69, 9.17) is 0 Å². The number of aromatic nitrogens is 3. The summed E-state index contributed by atoms with van der Waals surface area (Å²) in [7, 11) is 0. The van der Waals surface area contributed by atoms with Crippen LogP contribution in [-0.2, 0) is 4.79 Å². The molecule has 6 nitrogen and oxygen atoms in total. The predicted molar refractivity (Wildman–Crippen MR) is 98.4 cm³/mol. The largest absolute Gasteiger partial charge is 0.334 e. The van der Waals surface area contributed by atoms with Gasteiger partial charge in [-0.15, -0.1) is 23.4 Å². The number of hydrogen-bond acceptors (Lipinski definition) is 4. The topological polar surface area (TPSA) is 53.7 Å². The lowest BCUT2D eigenvalue weighted by molar-refractivity contribution is -0.131. The van der Waals surface area contributed by atoms with Gasteiger partial charge in [0.1, 0.15) is 5.82 Å². The third-order valence-corrected chi connectivity index (χ3v) is 4.62. The van der Waals surface area contributed by atoms with Crippen molar-refractivity contribution in [1.29, 1.82) is 0 Å². The van der Waals surface area contributed by atoms with Gasteiger partial charge in [0, 0.05) is 31.7 Å². The molecule has 132 valence electrons. The van der Waals surface area contributed by atoms with Gasteiger partial charge in [-0.25, -0.2) is 0 Å². The molecule has 6 heteroatoms. The Hall–Kier alpha value is -2.47. The number of nitrogens with zero attached hydrogens (tertiary/aromatic N) is 5. The number of carbonyl (C=O) groups is 1. The number of rotatable bonds is 7. The molecule has 2 aromatic heterocycles. The molecule has 3 rings (SSSR count). The van der Waals surface area contributed by atoms with Crippen molar-refractivity contribution in [3.63, 3.8) is 0 Å². The van der Waals surface area contributed by atoms with Crippen molar-refractivity contribution < 1.29 is 4.79 Å². The molecule has 1 aliphatic rings. The monoisotopic (exact) mass is 339 g/mol. The fourth-order valence-electron chi connectivity index (χ4n) is 3.43. The molecule has 2 aromatic rings. The molecule has 0 spiro atoms. The van der Waals surface area contributed by atoms with Crippen molar-refractivity contribution in [3.8, 4) is 0 Å². The summed E-state index contributed by atoms with van der Waals surface area (Å²) < 4.78 is 2.05. The van der Waals surface area contributed by atoms with Crippen LogP contribution in [0.15, 0.2) is 49.7 Å². The van der Waals surface area contributed by atoms with Gasteiger partial charge in [-0.2, -0.15) is 0 Å². The standard InChI is InChI=1S/C19H25N5O/c1-3-10-23(11-4-2)18(25)15-22-12-7-8-16(14-22)19-21-20-17-9-5-6-13-24(17)19/h3-6,9,13,16H,1-2,7-8,10-12,14-15H2. The molecule has 0 aromatic carbocycles. The summed E-state index contributed by atoms with van der Waals surface area (Å²) in [4.78, 5) is 16.5. The lowest BCUT2D eigenvalue weighted by Gasteiger charge is -2.32. The maximum absolute atomic E-state index is 12.6. The van der Waals surface area contributed by atoms with Crippen LogP contribution < -0.4 is 0 Å². The first-order chi connectivity index (χ1) is 12.2. The summed E-state index contributed by atoms with van der Waals surface area (Å²) in [5.41, 5.74) is 0.869. The highest BCUT2D eigenvalue weighted by Gasteiger charge is 2.27. The van der Waals surface area contributed by atoms with E-state index in [1.165, 1.54) is 0 Å². The second kappa shape index (κ2) is 8.07. The number of amides is 1. The highest BCUT2D eigenvalue weighted by atomic mass is 16.2. The first-order valence-electron chi connectivity index (χ1n) is 8.74. The van der Waals surface area contributed by atoms with Gasteiger partial charge < -0.3 is 4.90 Å². The van der Waals surface area contributed by atoms with Gasteiger partial charge in [-0.1, -0.05) is 18.2 Å². The molecule has 0 saturated carbocycles. The Labute approximate surface area is 148 Å². The average molecular weight is 339 g/mol. The van der Waals surface area contributed by atoms with Crippen molar-refractivity contribution in [1.82, 2.24) is 24.4 Å². The van der Waals surface area contributed by atoms with E-state index in [2.05, 4.69) is 32.7 Å². The van der Waals surface area contributed by atoms with Crippen LogP contribution in [0, 0.1) is 0 Å². The van der Waals surface area contributed by atoms with Gasteiger partial charge >= 0.3 is 0 Å². The quantitative estimate of drug-likeness (QED) is 0.725. The Morgan fingerprint density at radius 3 is 2.84 bits per heavy atom. The second-order valence-electron chi connectivity index (χ2n) is 6.44. The minimum atomic E-state index is 0.117. The maximum Gasteiger partial charge on any atom is 0.237 e. The zero-order chi connectivity index (χ0) is 17.6. The number of likely N-dealkylation sites (tertiary alicyclic amines) is 1. The molecule has 0 bridgehead atoms. The van der Waals surface area contributed by atoms with Crippen LogP contribution >= 0.6 is 0 Å². The van der Waals surface area contributed by atoms with Crippen molar-refractivity contribution in [2.75, 3.05) is 32.7 Å². The highest BCUT2D eigenvalue weighted by Crippen LogP contribution is 2.26. The molecule has 3 heterocycles. The summed E-state index contributed by atoms with van der Waals surface area (Å²) in [6, 6.07) is 5.92. The van der Waals surface area contributed by atoms with Crippen LogP contribution in [0.2, 0.25) is 0 Å². The molecule has 1 aliphatic heterocycles. The SMILES string of the molecule is C=CCN(CC=C)C(=O)CN1CCCC(c2nnc3ccccn23)C1. The van der Waals surface area contributed by atoms with E-state index >= 15 is 0 Å². The van der Waals surface area contributed by atoms with Gasteiger partial charge in [0.05, 0.1) is 6.54 Å². The zero-order valence-corrected chi connectivity index (χ0v) is 14.5. The highest BCUT2D eigenvalue weighted by molar-refractivity contribution is 5.78. The molecular formula is C19H25N5O. The number of piperidine rings is 1. The predicted octanol–water partition coefficient (Wildman–Crippen LogP) is 2.11. The molecule has 0 aliphatic carbocycles. The van der Waals surface area contributed by atoms with Crippen LogP contribution in [0.3, 0.4) is 0 Å². The Kier molecular flexibility index (Phi) is 5.60. The van der Waals surface area contributed by atoms with Gasteiger partial charge in [0.2, 0.25) is 5.91 Å². The Morgan fingerprint density at radius 1 is 1.28 bits per heavy atom. The van der Waals surface area contributed by atoms with E-state index in [-0.39, 0.29) is 5.91 Å². The van der Waals surface area contributed by atoms with E-state index < -0.39 is 0 Å².